The number of amides is 1. The highest BCUT2D eigenvalue weighted by Crippen LogP contribution is 2.66. The summed E-state index contributed by atoms with van der Waals surface area (Å²) in [6, 6.07) is 12.1. The lowest BCUT2D eigenvalue weighted by molar-refractivity contribution is -0.114. The fourth-order valence-electron chi connectivity index (χ4n) is 7.36. The van der Waals surface area contributed by atoms with Gasteiger partial charge in [-0.3, -0.25) is 4.79 Å². The Hall–Kier alpha value is -1.35. The Kier molecular flexibility index (Phi) is 3.45. The van der Waals surface area contributed by atoms with Gasteiger partial charge in [0.2, 0.25) is 0 Å². The molecule has 2 aromatic carbocycles. The molecule has 2 atom stereocenters. The third kappa shape index (κ3) is 2.54. The van der Waals surface area contributed by atoms with Gasteiger partial charge in [-0.15, -0.1) is 0 Å². The van der Waals surface area contributed by atoms with Crippen molar-refractivity contribution in [1.82, 2.24) is 5.32 Å². The van der Waals surface area contributed by atoms with Crippen LogP contribution in [0.4, 0.5) is 0 Å². The lowest BCUT2D eigenvalue weighted by Gasteiger charge is -2.65. The molecule has 4 saturated carbocycles. The van der Waals surface area contributed by atoms with E-state index < -0.39 is 0 Å². The molecule has 26 heavy (non-hydrogen) atoms. The van der Waals surface area contributed by atoms with Gasteiger partial charge in [0.1, 0.15) is 0 Å². The average Bonchev–Trinajstić information content (AvgIpc) is 2.50. The molecule has 0 aromatic heterocycles. The molecule has 136 valence electrons. The lowest BCUT2D eigenvalue weighted by atomic mass is 9.43. The van der Waals surface area contributed by atoms with Crippen LogP contribution in [0.25, 0.3) is 10.8 Å². The van der Waals surface area contributed by atoms with E-state index in [2.05, 4.69) is 47.2 Å². The first-order valence-electron chi connectivity index (χ1n) is 9.79. The van der Waals surface area contributed by atoms with Crippen LogP contribution in [0, 0.1) is 16.7 Å². The first-order chi connectivity index (χ1) is 12.3. The van der Waals surface area contributed by atoms with Gasteiger partial charge in [-0.2, -0.15) is 0 Å². The van der Waals surface area contributed by atoms with Gasteiger partial charge in [0.25, 0.3) is 5.91 Å². The molecule has 4 aliphatic rings. The Morgan fingerprint density at radius 2 is 1.62 bits per heavy atom. The molecule has 0 spiro atoms. The predicted octanol–water partition coefficient (Wildman–Crippen LogP) is 6.08. The molecule has 1 amide bonds. The molecular weight excluding hydrogens is 386 g/mol. The minimum Gasteiger partial charge on any atom is -0.347 e. The first kappa shape index (κ1) is 16.8. The average molecular weight is 412 g/mol. The minimum absolute atomic E-state index is 0.00578. The van der Waals surface area contributed by atoms with Gasteiger partial charge in [0.05, 0.1) is 0 Å². The van der Waals surface area contributed by atoms with Crippen molar-refractivity contribution in [2.24, 2.45) is 16.7 Å². The van der Waals surface area contributed by atoms with Crippen molar-refractivity contribution in [1.29, 1.82) is 0 Å². The molecule has 0 aliphatic heterocycles. The number of carbonyl (C=O) groups is 1. The van der Waals surface area contributed by atoms with Crippen LogP contribution in [0.1, 0.15) is 62.7 Å². The second kappa shape index (κ2) is 5.34. The molecule has 0 heterocycles. The number of nitrogens with one attached hydrogen (secondary N) is 1. The molecule has 0 radical (unpaired) electrons. The summed E-state index contributed by atoms with van der Waals surface area (Å²) >= 11 is 3.62. The van der Waals surface area contributed by atoms with Crippen LogP contribution < -0.4 is 5.32 Å². The van der Waals surface area contributed by atoms with Crippen molar-refractivity contribution in [2.45, 2.75) is 57.9 Å². The van der Waals surface area contributed by atoms with E-state index in [9.17, 15) is 4.79 Å². The number of halogens is 1. The number of fused-ring (bicyclic) bond motifs is 1. The molecule has 2 aromatic rings. The topological polar surface area (TPSA) is 29.1 Å². The summed E-state index contributed by atoms with van der Waals surface area (Å²) in [5.74, 6) is 0.881. The van der Waals surface area contributed by atoms with Gasteiger partial charge >= 0.3 is 0 Å². The predicted molar refractivity (Wildman–Crippen MR) is 109 cm³/mol. The first-order valence-corrected chi connectivity index (χ1v) is 10.6. The van der Waals surface area contributed by atoms with E-state index in [-0.39, 0.29) is 11.4 Å². The fraction of sp³-hybridized carbons (Fsp3) is 0.522. The van der Waals surface area contributed by atoms with Crippen molar-refractivity contribution >= 4 is 32.6 Å². The Labute approximate surface area is 163 Å². The normalized spacial score (nSPS) is 37.9. The zero-order valence-electron chi connectivity index (χ0n) is 15.6. The van der Waals surface area contributed by atoms with Crippen molar-refractivity contribution < 1.29 is 4.79 Å². The minimum atomic E-state index is -0.00578. The quantitative estimate of drug-likeness (QED) is 0.636. The number of hydrogen-bond acceptors (Lipinski definition) is 1. The van der Waals surface area contributed by atoms with E-state index in [0.29, 0.717) is 10.8 Å². The number of carbonyl (C=O) groups excluding carboxylic acids is 1. The van der Waals surface area contributed by atoms with E-state index in [1.54, 1.807) is 0 Å². The molecule has 2 nitrogen and oxygen atoms in total. The zero-order chi connectivity index (χ0) is 18.2. The largest absolute Gasteiger partial charge is 0.347 e. The van der Waals surface area contributed by atoms with E-state index in [4.69, 9.17) is 0 Å². The maximum atomic E-state index is 13.3. The molecule has 3 heteroatoms. The molecule has 4 bridgehead atoms. The van der Waals surface area contributed by atoms with Crippen LogP contribution in [-0.4, -0.2) is 11.4 Å². The van der Waals surface area contributed by atoms with Gasteiger partial charge in [0, 0.05) is 15.6 Å². The van der Waals surface area contributed by atoms with Crippen LogP contribution in [0.2, 0.25) is 0 Å². The summed E-state index contributed by atoms with van der Waals surface area (Å²) in [4.78, 5) is 13.3. The summed E-state index contributed by atoms with van der Waals surface area (Å²) in [5, 5.41) is 5.68. The Morgan fingerprint density at radius 3 is 2.31 bits per heavy atom. The van der Waals surface area contributed by atoms with E-state index in [1.807, 2.05) is 24.3 Å². The molecular formula is C23H26BrNO. The van der Waals surface area contributed by atoms with Gasteiger partial charge in [-0.1, -0.05) is 54.0 Å². The summed E-state index contributed by atoms with van der Waals surface area (Å²) in [7, 11) is 0. The molecule has 0 saturated heterocycles. The van der Waals surface area contributed by atoms with Crippen LogP contribution >= 0.6 is 15.9 Å². The van der Waals surface area contributed by atoms with Crippen molar-refractivity contribution in [2.75, 3.05) is 0 Å². The van der Waals surface area contributed by atoms with Gasteiger partial charge in [-0.25, -0.2) is 0 Å². The summed E-state index contributed by atoms with van der Waals surface area (Å²) in [6.07, 6.45) is 7.48. The van der Waals surface area contributed by atoms with Gasteiger partial charge in [0.15, 0.2) is 0 Å². The maximum absolute atomic E-state index is 13.3. The van der Waals surface area contributed by atoms with Crippen LogP contribution in [0.3, 0.4) is 0 Å². The van der Waals surface area contributed by atoms with E-state index in [1.165, 1.54) is 25.7 Å². The second-order valence-electron chi connectivity index (χ2n) is 10.0. The summed E-state index contributed by atoms with van der Waals surface area (Å²) < 4.78 is 1.04. The SMILES string of the molecule is C[C@]12CC3CC(NC(=O)c4cccc5c(Br)cccc45)(C1)C[C@](C)(C3)C2. The summed E-state index contributed by atoms with van der Waals surface area (Å²) in [5.41, 5.74) is 1.61. The van der Waals surface area contributed by atoms with E-state index in [0.717, 1.165) is 39.6 Å². The molecule has 6 rings (SSSR count). The van der Waals surface area contributed by atoms with Crippen LogP contribution in [0.5, 0.6) is 0 Å². The third-order valence-electron chi connectivity index (χ3n) is 7.12. The summed E-state index contributed by atoms with van der Waals surface area (Å²) in [6.45, 7) is 4.90. The third-order valence-corrected chi connectivity index (χ3v) is 7.81. The highest BCUT2D eigenvalue weighted by Gasteiger charge is 2.60. The number of hydrogen-bond donors (Lipinski definition) is 1. The lowest BCUT2D eigenvalue weighted by Crippen LogP contribution is -2.65. The zero-order valence-corrected chi connectivity index (χ0v) is 17.2. The number of rotatable bonds is 2. The smallest absolute Gasteiger partial charge is 0.252 e. The van der Waals surface area contributed by atoms with Crippen molar-refractivity contribution in [3.05, 3.63) is 46.4 Å². The monoisotopic (exact) mass is 411 g/mol. The van der Waals surface area contributed by atoms with Crippen LogP contribution in [-0.2, 0) is 0 Å². The Bertz CT molecular complexity index is 902. The van der Waals surface area contributed by atoms with Crippen molar-refractivity contribution in [3.63, 3.8) is 0 Å². The van der Waals surface area contributed by atoms with Crippen molar-refractivity contribution in [3.8, 4) is 0 Å². The highest BCUT2D eigenvalue weighted by atomic mass is 79.9. The maximum Gasteiger partial charge on any atom is 0.252 e. The van der Waals surface area contributed by atoms with Gasteiger partial charge < -0.3 is 5.32 Å². The molecule has 4 fully saturated rings. The molecule has 4 aliphatic carbocycles. The standard InChI is InChI=1S/C23H26BrNO/c1-21-9-15-10-22(2,12-21)14-23(11-15,13-21)25-20(26)18-7-3-6-17-16(18)5-4-8-19(17)24/h3-8,15H,9-14H2,1-2H3,(H,25,26)/t15?,21-,22-,23?/m1/s1. The second-order valence-corrected chi connectivity index (χ2v) is 10.9. The van der Waals surface area contributed by atoms with Gasteiger partial charge in [-0.05, 0) is 78.2 Å². The molecule has 0 unspecified atom stereocenters. The number of benzene rings is 2. The van der Waals surface area contributed by atoms with Crippen LogP contribution in [0.15, 0.2) is 40.9 Å². The highest BCUT2D eigenvalue weighted by molar-refractivity contribution is 9.10. The van der Waals surface area contributed by atoms with E-state index >= 15 is 0 Å². The Balaban J connectivity index is 1.51. The molecule has 1 N–H and O–H groups in total. The Morgan fingerprint density at radius 1 is 0.962 bits per heavy atom. The fourth-order valence-corrected chi connectivity index (χ4v) is 7.86.